The molecule has 16 heteroatoms. The molecule has 0 radical (unpaired) electrons. The lowest BCUT2D eigenvalue weighted by Gasteiger charge is -2.36. The highest BCUT2D eigenvalue weighted by atomic mass is 19.1. The van der Waals surface area contributed by atoms with Crippen molar-refractivity contribution in [3.63, 3.8) is 0 Å². The van der Waals surface area contributed by atoms with Gasteiger partial charge in [-0.1, -0.05) is 6.92 Å². The van der Waals surface area contributed by atoms with Crippen molar-refractivity contribution in [2.45, 2.75) is 57.7 Å². The molecule has 284 valence electrons. The van der Waals surface area contributed by atoms with Crippen LogP contribution in [0.25, 0.3) is 11.0 Å². The summed E-state index contributed by atoms with van der Waals surface area (Å²) in [4.78, 5) is 94.8. The first-order valence-electron chi connectivity index (χ1n) is 18.6. The van der Waals surface area contributed by atoms with Crippen molar-refractivity contribution >= 4 is 51.9 Å². The molecular formula is C39H40FN9O6. The zero-order valence-electron chi connectivity index (χ0n) is 30.3. The number of rotatable bonds is 8. The number of piperazine rings is 1. The van der Waals surface area contributed by atoms with E-state index in [0.717, 1.165) is 71.5 Å². The lowest BCUT2D eigenvalue weighted by Crippen LogP contribution is -2.54. The van der Waals surface area contributed by atoms with Gasteiger partial charge in [0.1, 0.15) is 17.6 Å². The number of aromatic nitrogens is 3. The predicted octanol–water partition coefficient (Wildman–Crippen LogP) is 2.14. The molecule has 4 aliphatic heterocycles. The number of carbonyl (C=O) groups excluding carboxylic acids is 5. The molecule has 1 aromatic carbocycles. The Morgan fingerprint density at radius 3 is 2.31 bits per heavy atom. The lowest BCUT2D eigenvalue weighted by atomic mass is 10.0. The van der Waals surface area contributed by atoms with Crippen LogP contribution in [0.4, 0.5) is 15.8 Å². The van der Waals surface area contributed by atoms with Gasteiger partial charge in [0, 0.05) is 70.0 Å². The molecule has 15 nitrogen and oxygen atoms in total. The van der Waals surface area contributed by atoms with E-state index >= 15 is 4.39 Å². The molecule has 0 saturated carbocycles. The normalized spacial score (nSPS) is 19.6. The van der Waals surface area contributed by atoms with Crippen molar-refractivity contribution in [1.29, 1.82) is 0 Å². The molecule has 5 amide bonds. The minimum absolute atomic E-state index is 0.00629. The summed E-state index contributed by atoms with van der Waals surface area (Å²) in [5.74, 6) is -3.62. The summed E-state index contributed by atoms with van der Waals surface area (Å²) in [7, 11) is 0. The average Bonchev–Trinajstić information content (AvgIpc) is 3.42. The van der Waals surface area contributed by atoms with E-state index in [0.29, 0.717) is 38.0 Å². The van der Waals surface area contributed by atoms with Crippen LogP contribution >= 0.6 is 0 Å². The van der Waals surface area contributed by atoms with Crippen molar-refractivity contribution in [3.05, 3.63) is 92.9 Å². The van der Waals surface area contributed by atoms with Crippen LogP contribution in [0.2, 0.25) is 0 Å². The third-order valence-corrected chi connectivity index (χ3v) is 11.0. The molecule has 4 aromatic rings. The average molecular weight is 750 g/mol. The molecular weight excluding hydrogens is 709 g/mol. The molecule has 55 heavy (non-hydrogen) atoms. The second-order valence-electron chi connectivity index (χ2n) is 14.4. The number of piperidine rings is 2. The molecule has 0 bridgehead atoms. The third-order valence-electron chi connectivity index (χ3n) is 11.0. The van der Waals surface area contributed by atoms with Crippen LogP contribution in [-0.4, -0.2) is 106 Å². The Labute approximate surface area is 314 Å². The van der Waals surface area contributed by atoms with Gasteiger partial charge in [-0.25, -0.2) is 9.37 Å². The fourth-order valence-corrected chi connectivity index (χ4v) is 7.89. The number of hydrogen-bond acceptors (Lipinski definition) is 11. The van der Waals surface area contributed by atoms with E-state index in [1.807, 2.05) is 31.3 Å². The maximum atomic E-state index is 15.4. The molecule has 3 saturated heterocycles. The molecule has 7 heterocycles. The van der Waals surface area contributed by atoms with Gasteiger partial charge >= 0.3 is 0 Å². The first kappa shape index (κ1) is 36.0. The Balaban J connectivity index is 0.821. The highest BCUT2D eigenvalue weighted by molar-refractivity contribution is 6.23. The standard InChI is InChI=1S/C39H40FN9O6/c1-2-23-16-30-31(44-35(23)51)15-22(19-41-30)21-46-11-13-47(14-12-46)25-3-4-29(42-20-25)36(52)43-24-7-9-48(10-8-24)33-18-27-26(17-28(33)40)38(54)49(39(27)55)32-5-6-34(50)45-37(32)53/h3-4,15-20,24,32H,2,5-14,21H2,1H3,(H,43,52)(H,44,51)(H,45,50,53)/t32-/m1/s1. The summed E-state index contributed by atoms with van der Waals surface area (Å²) in [6, 6.07) is 8.55. The minimum Gasteiger partial charge on any atom is -0.369 e. The van der Waals surface area contributed by atoms with Gasteiger partial charge in [-0.05, 0) is 67.6 Å². The van der Waals surface area contributed by atoms with Gasteiger partial charge in [0.2, 0.25) is 11.8 Å². The maximum Gasteiger partial charge on any atom is 0.270 e. The number of halogens is 1. The monoisotopic (exact) mass is 749 g/mol. The predicted molar refractivity (Wildman–Crippen MR) is 199 cm³/mol. The van der Waals surface area contributed by atoms with Gasteiger partial charge in [-0.15, -0.1) is 0 Å². The fourth-order valence-electron chi connectivity index (χ4n) is 7.89. The molecule has 8 rings (SSSR count). The number of hydrogen-bond donors (Lipinski definition) is 3. The number of amides is 5. The summed E-state index contributed by atoms with van der Waals surface area (Å²) in [6.07, 6.45) is 5.29. The molecule has 4 aliphatic rings. The zero-order chi connectivity index (χ0) is 38.4. The number of H-pyrrole nitrogens is 1. The SMILES string of the molecule is CCc1cc2ncc(CN3CCN(c4ccc(C(=O)NC5CCN(c6cc7c(cc6F)C(=O)N([C@@H]6CCC(=O)NC6=O)C7=O)CC5)nc4)CC3)cc2[nH]c1=O. The second kappa shape index (κ2) is 14.7. The quantitative estimate of drug-likeness (QED) is 0.225. The van der Waals surface area contributed by atoms with Crippen LogP contribution in [0, 0.1) is 5.82 Å². The fraction of sp³-hybridized carbons (Fsp3) is 0.385. The minimum atomic E-state index is -1.13. The molecule has 3 N–H and O–H groups in total. The lowest BCUT2D eigenvalue weighted by molar-refractivity contribution is -0.136. The summed E-state index contributed by atoms with van der Waals surface area (Å²) >= 11 is 0. The number of fused-ring (bicyclic) bond motifs is 2. The van der Waals surface area contributed by atoms with Gasteiger partial charge in [0.15, 0.2) is 0 Å². The van der Waals surface area contributed by atoms with Gasteiger partial charge in [-0.3, -0.25) is 48.9 Å². The van der Waals surface area contributed by atoms with Crippen molar-refractivity contribution in [2.24, 2.45) is 0 Å². The zero-order valence-corrected chi connectivity index (χ0v) is 30.3. The van der Waals surface area contributed by atoms with E-state index in [9.17, 15) is 28.8 Å². The number of carbonyl (C=O) groups is 5. The summed E-state index contributed by atoms with van der Waals surface area (Å²) in [6.45, 7) is 6.70. The van der Waals surface area contributed by atoms with E-state index in [4.69, 9.17) is 0 Å². The van der Waals surface area contributed by atoms with Crippen LogP contribution < -0.4 is 26.0 Å². The van der Waals surface area contributed by atoms with Gasteiger partial charge < -0.3 is 20.1 Å². The van der Waals surface area contributed by atoms with Crippen LogP contribution in [0.3, 0.4) is 0 Å². The van der Waals surface area contributed by atoms with E-state index < -0.39 is 35.5 Å². The van der Waals surface area contributed by atoms with E-state index in [-0.39, 0.29) is 47.2 Å². The highest BCUT2D eigenvalue weighted by Gasteiger charge is 2.45. The molecule has 3 aromatic heterocycles. The summed E-state index contributed by atoms with van der Waals surface area (Å²) in [5.41, 5.74) is 4.51. The Morgan fingerprint density at radius 1 is 0.873 bits per heavy atom. The second-order valence-corrected chi connectivity index (χ2v) is 14.4. The van der Waals surface area contributed by atoms with Gasteiger partial charge in [0.05, 0.1) is 39.7 Å². The first-order valence-corrected chi connectivity index (χ1v) is 18.6. The van der Waals surface area contributed by atoms with Crippen LogP contribution in [0.15, 0.2) is 53.6 Å². The topological polar surface area (TPSA) is 181 Å². The van der Waals surface area contributed by atoms with Crippen molar-refractivity contribution in [2.75, 3.05) is 49.1 Å². The summed E-state index contributed by atoms with van der Waals surface area (Å²) in [5, 5.41) is 5.19. The Morgan fingerprint density at radius 2 is 1.62 bits per heavy atom. The number of nitrogens with one attached hydrogen (secondary N) is 3. The van der Waals surface area contributed by atoms with Crippen LogP contribution in [0.5, 0.6) is 0 Å². The van der Waals surface area contributed by atoms with Gasteiger partial charge in [-0.2, -0.15) is 0 Å². The molecule has 0 unspecified atom stereocenters. The maximum absolute atomic E-state index is 15.4. The number of nitrogens with zero attached hydrogens (tertiary/aromatic N) is 6. The number of pyridine rings is 3. The first-order chi connectivity index (χ1) is 26.6. The highest BCUT2D eigenvalue weighted by Crippen LogP contribution is 2.34. The third kappa shape index (κ3) is 7.04. The van der Waals surface area contributed by atoms with E-state index in [1.165, 1.54) is 6.07 Å². The van der Waals surface area contributed by atoms with Crippen molar-refractivity contribution in [1.82, 2.24) is 35.4 Å². The molecule has 1 atom stereocenters. The molecule has 3 fully saturated rings. The smallest absolute Gasteiger partial charge is 0.270 e. The number of anilines is 2. The molecule has 0 aliphatic carbocycles. The Hall–Kier alpha value is -6.03. The summed E-state index contributed by atoms with van der Waals surface area (Å²) < 4.78 is 15.4. The molecule has 0 spiro atoms. The number of imide groups is 2. The van der Waals surface area contributed by atoms with Gasteiger partial charge in [0.25, 0.3) is 23.3 Å². The van der Waals surface area contributed by atoms with E-state index in [1.54, 1.807) is 17.2 Å². The Kier molecular flexibility index (Phi) is 9.59. The van der Waals surface area contributed by atoms with Crippen molar-refractivity contribution < 1.29 is 28.4 Å². The number of aromatic amines is 1. The van der Waals surface area contributed by atoms with Crippen LogP contribution in [-0.2, 0) is 22.6 Å². The van der Waals surface area contributed by atoms with E-state index in [2.05, 4.69) is 35.4 Å². The largest absolute Gasteiger partial charge is 0.369 e. The Bertz CT molecular complexity index is 2280. The number of benzene rings is 1. The van der Waals surface area contributed by atoms with Crippen molar-refractivity contribution in [3.8, 4) is 0 Å². The number of aryl methyl sites for hydroxylation is 1. The van der Waals surface area contributed by atoms with Crippen LogP contribution in [0.1, 0.15) is 74.9 Å².